The Balaban J connectivity index is 3.03. The molecule has 0 N–H and O–H groups in total. The molecule has 0 atom stereocenters. The fourth-order valence-corrected chi connectivity index (χ4v) is 1.95. The highest BCUT2D eigenvalue weighted by molar-refractivity contribution is 9.08. The Hall–Kier alpha value is -0.540. The quantitative estimate of drug-likeness (QED) is 0.625. The number of carbonyl (C=O) groups is 1. The number of halogens is 2. The fourth-order valence-electron chi connectivity index (χ4n) is 1.05. The summed E-state index contributed by atoms with van der Waals surface area (Å²) in [6.45, 7) is 2.12. The molecule has 1 rings (SSSR count). The summed E-state index contributed by atoms with van der Waals surface area (Å²) in [5.41, 5.74) is 1.31. The average Bonchev–Trinajstić information content (AvgIpc) is 2.18. The van der Waals surface area contributed by atoms with E-state index in [2.05, 4.69) is 15.9 Å². The number of carbonyl (C=O) groups excluding carboxylic acids is 1. The van der Waals surface area contributed by atoms with Crippen LogP contribution in [0.25, 0.3) is 0 Å². The molecule has 76 valence electrons. The van der Waals surface area contributed by atoms with E-state index in [1.54, 1.807) is 19.1 Å². The van der Waals surface area contributed by atoms with E-state index in [-0.39, 0.29) is 5.97 Å². The number of esters is 1. The van der Waals surface area contributed by atoms with E-state index in [0.29, 0.717) is 22.5 Å². The van der Waals surface area contributed by atoms with Crippen molar-refractivity contribution in [1.82, 2.24) is 0 Å². The molecule has 14 heavy (non-hydrogen) atoms. The van der Waals surface area contributed by atoms with Gasteiger partial charge in [0, 0.05) is 5.33 Å². The largest absolute Gasteiger partial charge is 0.462 e. The van der Waals surface area contributed by atoms with Gasteiger partial charge in [-0.2, -0.15) is 0 Å². The molecule has 0 fully saturated rings. The summed E-state index contributed by atoms with van der Waals surface area (Å²) in [5, 5.41) is 1.09. The van der Waals surface area contributed by atoms with Gasteiger partial charge in [-0.05, 0) is 18.6 Å². The molecule has 1 aromatic rings. The summed E-state index contributed by atoms with van der Waals surface area (Å²) >= 11 is 9.30. The van der Waals surface area contributed by atoms with E-state index in [9.17, 15) is 4.79 Å². The summed E-state index contributed by atoms with van der Waals surface area (Å²) in [7, 11) is 0. The highest BCUT2D eigenvalue weighted by Crippen LogP contribution is 2.23. The first-order valence-corrected chi connectivity index (χ1v) is 5.71. The van der Waals surface area contributed by atoms with Gasteiger partial charge in [0.15, 0.2) is 0 Å². The molecule has 0 aliphatic heterocycles. The van der Waals surface area contributed by atoms with E-state index >= 15 is 0 Å². The van der Waals surface area contributed by atoms with Crippen molar-refractivity contribution in [1.29, 1.82) is 0 Å². The van der Waals surface area contributed by atoms with Crippen molar-refractivity contribution in [3.8, 4) is 0 Å². The van der Waals surface area contributed by atoms with Gasteiger partial charge in [0.25, 0.3) is 0 Å². The summed E-state index contributed by atoms with van der Waals surface area (Å²) in [6, 6.07) is 5.31. The van der Waals surface area contributed by atoms with Crippen molar-refractivity contribution in [3.63, 3.8) is 0 Å². The Morgan fingerprint density at radius 1 is 1.57 bits per heavy atom. The Bertz CT molecular complexity index is 339. The molecule has 0 aliphatic rings. The number of alkyl halides is 1. The first-order chi connectivity index (χ1) is 6.70. The van der Waals surface area contributed by atoms with Crippen LogP contribution in [0.5, 0.6) is 0 Å². The van der Waals surface area contributed by atoms with E-state index in [1.807, 2.05) is 6.07 Å². The minimum Gasteiger partial charge on any atom is -0.462 e. The zero-order valence-electron chi connectivity index (χ0n) is 7.72. The summed E-state index contributed by atoms with van der Waals surface area (Å²) in [5.74, 6) is -0.375. The van der Waals surface area contributed by atoms with Crippen molar-refractivity contribution in [2.75, 3.05) is 6.61 Å². The third kappa shape index (κ3) is 2.49. The molecule has 0 bridgehead atoms. The first kappa shape index (κ1) is 11.5. The van der Waals surface area contributed by atoms with Crippen LogP contribution in [0.4, 0.5) is 0 Å². The molecular formula is C10H10BrClO2. The third-order valence-electron chi connectivity index (χ3n) is 1.72. The van der Waals surface area contributed by atoms with Crippen molar-refractivity contribution in [2.45, 2.75) is 12.3 Å². The van der Waals surface area contributed by atoms with Gasteiger partial charge in [-0.15, -0.1) is 0 Å². The van der Waals surface area contributed by atoms with Gasteiger partial charge in [-0.1, -0.05) is 39.7 Å². The Morgan fingerprint density at radius 2 is 2.29 bits per heavy atom. The van der Waals surface area contributed by atoms with Crippen LogP contribution in [-0.4, -0.2) is 12.6 Å². The lowest BCUT2D eigenvalue weighted by Crippen LogP contribution is -2.06. The lowest BCUT2D eigenvalue weighted by atomic mass is 10.1. The van der Waals surface area contributed by atoms with Crippen molar-refractivity contribution in [3.05, 3.63) is 34.3 Å². The number of benzene rings is 1. The topological polar surface area (TPSA) is 26.3 Å². The van der Waals surface area contributed by atoms with E-state index in [1.165, 1.54) is 0 Å². The third-order valence-corrected chi connectivity index (χ3v) is 2.77. The molecule has 0 radical (unpaired) electrons. The minimum atomic E-state index is -0.375. The molecule has 0 unspecified atom stereocenters. The molecule has 2 nitrogen and oxygen atoms in total. The predicted molar refractivity (Wildman–Crippen MR) is 60.0 cm³/mol. The molecule has 0 aromatic heterocycles. The number of rotatable bonds is 3. The molecule has 1 aromatic carbocycles. The highest BCUT2D eigenvalue weighted by atomic mass is 79.9. The maximum Gasteiger partial charge on any atom is 0.339 e. The molecular weight excluding hydrogens is 267 g/mol. The predicted octanol–water partition coefficient (Wildman–Crippen LogP) is 3.41. The van der Waals surface area contributed by atoms with Crippen molar-refractivity contribution >= 4 is 33.5 Å². The number of hydrogen-bond donors (Lipinski definition) is 0. The van der Waals surface area contributed by atoms with Gasteiger partial charge in [0.1, 0.15) is 0 Å². The lowest BCUT2D eigenvalue weighted by molar-refractivity contribution is 0.0526. The minimum absolute atomic E-state index is 0.355. The monoisotopic (exact) mass is 276 g/mol. The highest BCUT2D eigenvalue weighted by Gasteiger charge is 2.13. The van der Waals surface area contributed by atoms with Crippen LogP contribution >= 0.6 is 27.5 Å². The van der Waals surface area contributed by atoms with E-state index in [4.69, 9.17) is 16.3 Å². The molecule has 0 saturated heterocycles. The molecule has 0 aliphatic carbocycles. The molecule has 4 heteroatoms. The standard InChI is InChI=1S/C10H10BrClO2/c1-2-14-10(13)8-5-3-4-7(6-11)9(8)12/h3-5H,2,6H2,1H3. The Labute approximate surface area is 96.3 Å². The van der Waals surface area contributed by atoms with Crippen LogP contribution < -0.4 is 0 Å². The normalized spacial score (nSPS) is 9.93. The van der Waals surface area contributed by atoms with E-state index < -0.39 is 0 Å². The fraction of sp³-hybridized carbons (Fsp3) is 0.300. The van der Waals surface area contributed by atoms with E-state index in [0.717, 1.165) is 5.56 Å². The molecule has 0 saturated carbocycles. The second kappa shape index (κ2) is 5.37. The number of hydrogen-bond acceptors (Lipinski definition) is 2. The average molecular weight is 278 g/mol. The van der Waals surface area contributed by atoms with Crippen LogP contribution in [0.15, 0.2) is 18.2 Å². The van der Waals surface area contributed by atoms with Gasteiger partial charge in [0.2, 0.25) is 0 Å². The van der Waals surface area contributed by atoms with Crippen molar-refractivity contribution in [2.24, 2.45) is 0 Å². The zero-order chi connectivity index (χ0) is 10.6. The SMILES string of the molecule is CCOC(=O)c1cccc(CBr)c1Cl. The van der Waals surface area contributed by atoms with Crippen molar-refractivity contribution < 1.29 is 9.53 Å². The van der Waals surface area contributed by atoms with Crippen LogP contribution in [0.3, 0.4) is 0 Å². The van der Waals surface area contributed by atoms with Crippen LogP contribution in [0.1, 0.15) is 22.8 Å². The Morgan fingerprint density at radius 3 is 2.86 bits per heavy atom. The Kier molecular flexibility index (Phi) is 4.42. The van der Waals surface area contributed by atoms with Crippen LogP contribution in [0, 0.1) is 0 Å². The van der Waals surface area contributed by atoms with Gasteiger partial charge < -0.3 is 4.74 Å². The van der Waals surface area contributed by atoms with Gasteiger partial charge in [0.05, 0.1) is 17.2 Å². The molecule has 0 heterocycles. The van der Waals surface area contributed by atoms with Gasteiger partial charge in [-0.25, -0.2) is 4.79 Å². The second-order valence-corrected chi connectivity index (χ2v) is 3.57. The first-order valence-electron chi connectivity index (χ1n) is 4.21. The van der Waals surface area contributed by atoms with Gasteiger partial charge >= 0.3 is 5.97 Å². The maximum absolute atomic E-state index is 11.4. The van der Waals surface area contributed by atoms with Crippen LogP contribution in [0.2, 0.25) is 5.02 Å². The van der Waals surface area contributed by atoms with Gasteiger partial charge in [-0.3, -0.25) is 0 Å². The smallest absolute Gasteiger partial charge is 0.339 e. The zero-order valence-corrected chi connectivity index (χ0v) is 10.1. The summed E-state index contributed by atoms with van der Waals surface area (Å²) < 4.78 is 4.87. The maximum atomic E-state index is 11.4. The number of ether oxygens (including phenoxy) is 1. The van der Waals surface area contributed by atoms with Crippen LogP contribution in [-0.2, 0) is 10.1 Å². The molecule has 0 spiro atoms. The second-order valence-electron chi connectivity index (χ2n) is 2.63. The summed E-state index contributed by atoms with van der Waals surface area (Å²) in [4.78, 5) is 11.4. The molecule has 0 amide bonds. The lowest BCUT2D eigenvalue weighted by Gasteiger charge is -2.06. The summed E-state index contributed by atoms with van der Waals surface area (Å²) in [6.07, 6.45) is 0.